The molecular weight excluding hydrogens is 462 g/mol. The summed E-state index contributed by atoms with van der Waals surface area (Å²) in [6, 6.07) is 11.1. The molecule has 0 bridgehead atoms. The fraction of sp³-hybridized carbons (Fsp3) is 0.273. The number of ether oxygens (including phenoxy) is 3. The lowest BCUT2D eigenvalue weighted by atomic mass is 10.1. The van der Waals surface area contributed by atoms with E-state index in [2.05, 4.69) is 20.5 Å². The van der Waals surface area contributed by atoms with Crippen LogP contribution in [0.5, 0.6) is 11.5 Å². The highest BCUT2D eigenvalue weighted by Crippen LogP contribution is 2.36. The highest BCUT2D eigenvalue weighted by molar-refractivity contribution is 7.22. The van der Waals surface area contributed by atoms with Gasteiger partial charge in [-0.1, -0.05) is 28.7 Å². The molecule has 0 saturated carbocycles. The highest BCUT2D eigenvalue weighted by atomic mass is 32.1. The smallest absolute Gasteiger partial charge is 0.230 e. The fourth-order valence-corrected chi connectivity index (χ4v) is 4.66. The van der Waals surface area contributed by atoms with Crippen molar-refractivity contribution in [2.75, 3.05) is 31.1 Å². The number of fused-ring (bicyclic) bond motifs is 1. The molecule has 0 aliphatic heterocycles. The van der Waals surface area contributed by atoms with Crippen LogP contribution < -0.4 is 20.5 Å². The first-order valence-corrected chi connectivity index (χ1v) is 11.9. The molecule has 3 N–H and O–H groups in total. The Kier molecular flexibility index (Phi) is 7.33. The van der Waals surface area contributed by atoms with E-state index in [1.807, 2.05) is 44.2 Å². The molecule has 4 rings (SSSR count). The molecule has 33 heavy (non-hydrogen) atoms. The van der Waals surface area contributed by atoms with Crippen LogP contribution in [0.3, 0.4) is 0 Å². The van der Waals surface area contributed by atoms with E-state index in [9.17, 15) is 4.79 Å². The van der Waals surface area contributed by atoms with Crippen LogP contribution in [-0.4, -0.2) is 41.1 Å². The number of amides is 1. The van der Waals surface area contributed by atoms with Crippen molar-refractivity contribution in [3.8, 4) is 22.1 Å². The number of nitrogens with zero attached hydrogens (tertiary/aromatic N) is 3. The quantitative estimate of drug-likeness (QED) is 0.251. The van der Waals surface area contributed by atoms with Crippen LogP contribution in [0.15, 0.2) is 36.4 Å². The van der Waals surface area contributed by atoms with Gasteiger partial charge in [0.2, 0.25) is 11.0 Å². The van der Waals surface area contributed by atoms with Gasteiger partial charge in [-0.25, -0.2) is 4.98 Å². The van der Waals surface area contributed by atoms with Crippen LogP contribution in [0.25, 0.3) is 20.8 Å². The Morgan fingerprint density at radius 1 is 1.06 bits per heavy atom. The number of nitrogens with two attached hydrogens (primary N) is 1. The molecule has 172 valence electrons. The molecule has 0 atom stereocenters. The molecule has 0 aliphatic rings. The Bertz CT molecular complexity index is 1260. The second-order valence-corrected chi connectivity index (χ2v) is 8.88. The van der Waals surface area contributed by atoms with Crippen molar-refractivity contribution in [1.29, 1.82) is 0 Å². The van der Waals surface area contributed by atoms with Crippen molar-refractivity contribution >= 4 is 49.1 Å². The van der Waals surface area contributed by atoms with Crippen molar-refractivity contribution in [3.63, 3.8) is 0 Å². The number of carbonyl (C=O) groups is 1. The van der Waals surface area contributed by atoms with Crippen LogP contribution in [-0.2, 0) is 16.0 Å². The summed E-state index contributed by atoms with van der Waals surface area (Å²) in [4.78, 5) is 16.8. The second kappa shape index (κ2) is 10.6. The topological polar surface area (TPSA) is 121 Å². The molecule has 0 aliphatic carbocycles. The van der Waals surface area contributed by atoms with Gasteiger partial charge in [0.15, 0.2) is 16.9 Å². The first-order chi connectivity index (χ1) is 16.1. The zero-order valence-corrected chi connectivity index (χ0v) is 19.8. The van der Waals surface area contributed by atoms with Crippen LogP contribution in [0, 0.1) is 0 Å². The predicted octanol–water partition coefficient (Wildman–Crippen LogP) is 4.35. The maximum absolute atomic E-state index is 12.6. The summed E-state index contributed by atoms with van der Waals surface area (Å²) in [6.45, 7) is 5.00. The van der Waals surface area contributed by atoms with Gasteiger partial charge in [-0.2, -0.15) is 0 Å². The van der Waals surface area contributed by atoms with Crippen LogP contribution in [0.2, 0.25) is 0 Å². The number of nitrogens with one attached hydrogen (secondary N) is 1. The first kappa shape index (κ1) is 22.9. The third kappa shape index (κ3) is 5.75. The van der Waals surface area contributed by atoms with Gasteiger partial charge < -0.3 is 25.3 Å². The number of benzene rings is 2. The minimum absolute atomic E-state index is 0.108. The van der Waals surface area contributed by atoms with Gasteiger partial charge >= 0.3 is 0 Å². The van der Waals surface area contributed by atoms with E-state index in [0.29, 0.717) is 40.0 Å². The standard InChI is InChI=1S/C22H23N5O4S2/c1-3-29-12-31-17-11-14(30-4-2)6-7-15(17)20-26-27-22(33-20)25-19(28)10-13-5-8-16-18(9-13)32-21(23)24-16/h5-9,11H,3-4,10,12H2,1-2H3,(H2,23,24)(H,25,27,28). The number of hydrogen-bond donors (Lipinski definition) is 2. The van der Waals surface area contributed by atoms with E-state index in [0.717, 1.165) is 21.3 Å². The molecule has 2 heterocycles. The molecule has 0 fully saturated rings. The van der Waals surface area contributed by atoms with Crippen LogP contribution in [0.4, 0.5) is 10.3 Å². The van der Waals surface area contributed by atoms with Crippen molar-refractivity contribution in [2.24, 2.45) is 0 Å². The number of carbonyl (C=O) groups excluding carboxylic acids is 1. The Morgan fingerprint density at radius 2 is 1.94 bits per heavy atom. The van der Waals surface area contributed by atoms with Gasteiger partial charge in [-0.3, -0.25) is 4.79 Å². The summed E-state index contributed by atoms with van der Waals surface area (Å²) in [7, 11) is 0. The van der Waals surface area contributed by atoms with E-state index in [-0.39, 0.29) is 19.1 Å². The molecule has 4 aromatic rings. The molecule has 2 aromatic carbocycles. The summed E-state index contributed by atoms with van der Waals surface area (Å²) in [5.41, 5.74) is 8.19. The predicted molar refractivity (Wildman–Crippen MR) is 130 cm³/mol. The normalized spacial score (nSPS) is 11.0. The molecule has 9 nitrogen and oxygen atoms in total. The monoisotopic (exact) mass is 485 g/mol. The zero-order chi connectivity index (χ0) is 23.2. The Morgan fingerprint density at radius 3 is 2.76 bits per heavy atom. The molecular formula is C22H23N5O4S2. The Labute approximate surface area is 198 Å². The number of thiazole rings is 1. The molecule has 0 radical (unpaired) electrons. The van der Waals surface area contributed by atoms with Gasteiger partial charge in [-0.05, 0) is 43.7 Å². The SMILES string of the molecule is CCOCOc1cc(OCC)ccc1-c1nnc(NC(=O)Cc2ccc3nc(N)sc3c2)s1. The van der Waals surface area contributed by atoms with E-state index < -0.39 is 0 Å². The Balaban J connectivity index is 1.46. The summed E-state index contributed by atoms with van der Waals surface area (Å²) < 4.78 is 17.6. The van der Waals surface area contributed by atoms with E-state index in [1.54, 1.807) is 6.07 Å². The summed E-state index contributed by atoms with van der Waals surface area (Å²) >= 11 is 2.66. The van der Waals surface area contributed by atoms with Gasteiger partial charge in [0.1, 0.15) is 11.5 Å². The summed E-state index contributed by atoms with van der Waals surface area (Å²) in [5.74, 6) is 1.07. The molecule has 0 saturated heterocycles. The minimum Gasteiger partial charge on any atom is -0.494 e. The maximum Gasteiger partial charge on any atom is 0.230 e. The van der Waals surface area contributed by atoms with E-state index >= 15 is 0 Å². The number of anilines is 2. The van der Waals surface area contributed by atoms with Crippen molar-refractivity contribution in [3.05, 3.63) is 42.0 Å². The number of rotatable bonds is 10. The highest BCUT2D eigenvalue weighted by Gasteiger charge is 2.16. The average molecular weight is 486 g/mol. The third-order valence-electron chi connectivity index (χ3n) is 4.50. The third-order valence-corrected chi connectivity index (χ3v) is 6.22. The van der Waals surface area contributed by atoms with Crippen molar-refractivity contribution in [1.82, 2.24) is 15.2 Å². The zero-order valence-electron chi connectivity index (χ0n) is 18.2. The lowest BCUT2D eigenvalue weighted by Crippen LogP contribution is -2.14. The van der Waals surface area contributed by atoms with E-state index in [1.165, 1.54) is 22.7 Å². The number of aromatic nitrogens is 3. The largest absolute Gasteiger partial charge is 0.494 e. The maximum atomic E-state index is 12.6. The lowest BCUT2D eigenvalue weighted by molar-refractivity contribution is -0.115. The summed E-state index contributed by atoms with van der Waals surface area (Å²) in [6.07, 6.45) is 0.203. The van der Waals surface area contributed by atoms with Crippen molar-refractivity contribution in [2.45, 2.75) is 20.3 Å². The number of nitrogen functional groups attached to an aromatic ring is 1. The molecule has 0 spiro atoms. The molecule has 11 heteroatoms. The summed E-state index contributed by atoms with van der Waals surface area (Å²) in [5, 5.41) is 12.7. The van der Waals surface area contributed by atoms with Crippen LogP contribution >= 0.6 is 22.7 Å². The molecule has 2 aromatic heterocycles. The average Bonchev–Trinajstić information content (AvgIpc) is 3.39. The van der Waals surface area contributed by atoms with Crippen LogP contribution in [0.1, 0.15) is 19.4 Å². The van der Waals surface area contributed by atoms with E-state index in [4.69, 9.17) is 19.9 Å². The first-order valence-electron chi connectivity index (χ1n) is 10.3. The van der Waals surface area contributed by atoms with Gasteiger partial charge in [-0.15, -0.1) is 10.2 Å². The minimum atomic E-state index is -0.186. The van der Waals surface area contributed by atoms with Gasteiger partial charge in [0, 0.05) is 12.7 Å². The fourth-order valence-electron chi connectivity index (χ4n) is 3.07. The Hall–Kier alpha value is -3.28. The molecule has 0 unspecified atom stereocenters. The number of hydrogen-bond acceptors (Lipinski definition) is 10. The van der Waals surface area contributed by atoms with Crippen molar-refractivity contribution < 1.29 is 19.0 Å². The van der Waals surface area contributed by atoms with Gasteiger partial charge in [0.25, 0.3) is 0 Å². The molecule has 1 amide bonds. The van der Waals surface area contributed by atoms with Gasteiger partial charge in [0.05, 0.1) is 28.8 Å². The lowest BCUT2D eigenvalue weighted by Gasteiger charge is -2.11. The second-order valence-electron chi connectivity index (χ2n) is 6.84.